The van der Waals surface area contributed by atoms with Crippen LogP contribution in [0.4, 0.5) is 0 Å². The molecule has 0 aliphatic heterocycles. The summed E-state index contributed by atoms with van der Waals surface area (Å²) in [4.78, 5) is 2.82. The Hall–Kier alpha value is -0.830. The minimum absolute atomic E-state index is 0.0457. The number of fused-ring (bicyclic) bond motifs is 1. The van der Waals surface area contributed by atoms with Crippen molar-refractivity contribution in [3.8, 4) is 0 Å². The van der Waals surface area contributed by atoms with Crippen molar-refractivity contribution in [3.05, 3.63) is 56.2 Å². The van der Waals surface area contributed by atoms with Crippen LogP contribution in [0.15, 0.2) is 30.3 Å². The average Bonchev–Trinajstić information content (AvgIpc) is 2.69. The molecule has 2 N–H and O–H groups in total. The maximum absolute atomic E-state index is 6.39. The number of nitrogens with two attached hydrogens (primary N) is 1. The van der Waals surface area contributed by atoms with E-state index in [9.17, 15) is 0 Å². The molecular weight excluding hydrogens is 274 g/mol. The zero-order chi connectivity index (χ0) is 13.2. The van der Waals surface area contributed by atoms with Crippen molar-refractivity contribution in [1.29, 1.82) is 0 Å². The van der Waals surface area contributed by atoms with E-state index in [1.807, 2.05) is 29.5 Å². The zero-order valence-electron chi connectivity index (χ0n) is 10.9. The van der Waals surface area contributed by atoms with Crippen molar-refractivity contribution in [2.45, 2.75) is 38.1 Å². The van der Waals surface area contributed by atoms with Crippen LogP contribution in [0, 0.1) is 0 Å². The van der Waals surface area contributed by atoms with Gasteiger partial charge in [-0.2, -0.15) is 0 Å². The molecule has 0 amide bonds. The number of aryl methyl sites for hydroxylation is 2. The van der Waals surface area contributed by atoms with Crippen molar-refractivity contribution in [1.82, 2.24) is 0 Å². The molecule has 0 spiro atoms. The molecule has 19 heavy (non-hydrogen) atoms. The third-order valence-corrected chi connectivity index (χ3v) is 5.34. The van der Waals surface area contributed by atoms with Crippen LogP contribution < -0.4 is 5.73 Å². The van der Waals surface area contributed by atoms with Gasteiger partial charge < -0.3 is 5.73 Å². The molecule has 1 aromatic heterocycles. The maximum atomic E-state index is 6.39. The molecule has 3 rings (SSSR count). The molecule has 1 aromatic carbocycles. The molecule has 0 radical (unpaired) electrons. The number of hydrogen-bond acceptors (Lipinski definition) is 2. The number of benzene rings is 1. The first-order valence-electron chi connectivity index (χ1n) is 6.86. The first-order valence-corrected chi connectivity index (χ1v) is 8.06. The Morgan fingerprint density at radius 2 is 1.95 bits per heavy atom. The fourth-order valence-electron chi connectivity index (χ4n) is 2.71. The summed E-state index contributed by atoms with van der Waals surface area (Å²) < 4.78 is 0. The molecule has 0 bridgehead atoms. The van der Waals surface area contributed by atoms with E-state index in [1.54, 1.807) is 4.88 Å². The third kappa shape index (κ3) is 2.86. The van der Waals surface area contributed by atoms with E-state index in [1.165, 1.54) is 42.5 Å². The van der Waals surface area contributed by atoms with Crippen molar-refractivity contribution >= 4 is 22.9 Å². The minimum atomic E-state index is -0.0457. The molecule has 3 heteroatoms. The standard InChI is InChI=1S/C16H18ClNS/c17-13-7-4-6-12(9-13)16(18)15-10-11-5-2-1-3-8-14(11)19-15/h4,6-7,9-10,16H,1-3,5,8,18H2. The fraction of sp³-hybridized carbons (Fsp3) is 0.375. The van der Waals surface area contributed by atoms with Gasteiger partial charge in [0, 0.05) is 14.8 Å². The topological polar surface area (TPSA) is 26.0 Å². The second-order valence-corrected chi connectivity index (χ2v) is 6.80. The number of rotatable bonds is 2. The molecular formula is C16H18ClNS. The molecule has 2 aromatic rings. The normalized spacial score (nSPS) is 16.7. The van der Waals surface area contributed by atoms with Gasteiger partial charge in [-0.25, -0.2) is 0 Å². The Labute approximate surface area is 123 Å². The molecule has 1 atom stereocenters. The highest BCUT2D eigenvalue weighted by Crippen LogP contribution is 2.34. The van der Waals surface area contributed by atoms with E-state index in [4.69, 9.17) is 17.3 Å². The fourth-order valence-corrected chi connectivity index (χ4v) is 4.19. The van der Waals surface area contributed by atoms with Crippen LogP contribution in [0.2, 0.25) is 5.02 Å². The summed E-state index contributed by atoms with van der Waals surface area (Å²) in [6.45, 7) is 0. The van der Waals surface area contributed by atoms with E-state index in [-0.39, 0.29) is 6.04 Å². The molecule has 100 valence electrons. The monoisotopic (exact) mass is 291 g/mol. The lowest BCUT2D eigenvalue weighted by Crippen LogP contribution is -2.10. The maximum Gasteiger partial charge on any atom is 0.0646 e. The molecule has 0 saturated heterocycles. The van der Waals surface area contributed by atoms with Crippen LogP contribution in [0.25, 0.3) is 0 Å². The van der Waals surface area contributed by atoms with E-state index in [0.29, 0.717) is 0 Å². The summed E-state index contributed by atoms with van der Waals surface area (Å²) >= 11 is 7.94. The third-order valence-electron chi connectivity index (χ3n) is 3.78. The quantitative estimate of drug-likeness (QED) is 0.796. The van der Waals surface area contributed by atoms with Gasteiger partial charge in [0.1, 0.15) is 0 Å². The van der Waals surface area contributed by atoms with Gasteiger partial charge >= 0.3 is 0 Å². The highest BCUT2D eigenvalue weighted by atomic mass is 35.5. The largest absolute Gasteiger partial charge is 0.320 e. The van der Waals surface area contributed by atoms with E-state index < -0.39 is 0 Å². The Kier molecular flexibility index (Phi) is 3.92. The summed E-state index contributed by atoms with van der Waals surface area (Å²) in [7, 11) is 0. The molecule has 1 aliphatic carbocycles. The van der Waals surface area contributed by atoms with Gasteiger partial charge in [0.05, 0.1) is 6.04 Å². The summed E-state index contributed by atoms with van der Waals surface area (Å²) in [5.41, 5.74) is 9.01. The van der Waals surface area contributed by atoms with Gasteiger partial charge in [-0.05, 0) is 55.0 Å². The summed E-state index contributed by atoms with van der Waals surface area (Å²) in [6, 6.07) is 10.2. The first-order chi connectivity index (χ1) is 9.24. The lowest BCUT2D eigenvalue weighted by molar-refractivity contribution is 0.712. The molecule has 1 heterocycles. The van der Waals surface area contributed by atoms with Gasteiger partial charge in [0.15, 0.2) is 0 Å². The van der Waals surface area contributed by atoms with Gasteiger partial charge in [0.25, 0.3) is 0 Å². The van der Waals surface area contributed by atoms with Crippen molar-refractivity contribution in [2.24, 2.45) is 5.73 Å². The second kappa shape index (κ2) is 5.66. The predicted molar refractivity (Wildman–Crippen MR) is 83.1 cm³/mol. The number of halogens is 1. The van der Waals surface area contributed by atoms with Gasteiger partial charge in [0.2, 0.25) is 0 Å². The van der Waals surface area contributed by atoms with Crippen molar-refractivity contribution in [2.75, 3.05) is 0 Å². The van der Waals surface area contributed by atoms with Crippen LogP contribution in [-0.2, 0) is 12.8 Å². The molecule has 0 saturated carbocycles. The van der Waals surface area contributed by atoms with Crippen LogP contribution >= 0.6 is 22.9 Å². The van der Waals surface area contributed by atoms with Gasteiger partial charge in [-0.15, -0.1) is 11.3 Å². The number of thiophene rings is 1. The molecule has 1 aliphatic rings. The van der Waals surface area contributed by atoms with Crippen LogP contribution in [0.5, 0.6) is 0 Å². The van der Waals surface area contributed by atoms with Crippen molar-refractivity contribution in [3.63, 3.8) is 0 Å². The molecule has 1 nitrogen and oxygen atoms in total. The van der Waals surface area contributed by atoms with E-state index in [2.05, 4.69) is 12.1 Å². The van der Waals surface area contributed by atoms with Gasteiger partial charge in [-0.1, -0.05) is 30.2 Å². The van der Waals surface area contributed by atoms with Crippen molar-refractivity contribution < 1.29 is 0 Å². The first kappa shape index (κ1) is 13.2. The SMILES string of the molecule is NC(c1cccc(Cl)c1)c1cc2c(s1)CCCCC2. The predicted octanol–water partition coefficient (Wildman–Crippen LogP) is 4.72. The molecule has 1 unspecified atom stereocenters. The average molecular weight is 292 g/mol. The number of hydrogen-bond donors (Lipinski definition) is 1. The summed E-state index contributed by atoms with van der Waals surface area (Å²) in [6.07, 6.45) is 6.43. The van der Waals surface area contributed by atoms with Gasteiger partial charge in [-0.3, -0.25) is 0 Å². The Morgan fingerprint density at radius 1 is 1.11 bits per heavy atom. The lowest BCUT2D eigenvalue weighted by Gasteiger charge is -2.10. The highest BCUT2D eigenvalue weighted by molar-refractivity contribution is 7.12. The summed E-state index contributed by atoms with van der Waals surface area (Å²) in [5, 5.41) is 0.756. The Bertz CT molecular complexity index is 552. The second-order valence-electron chi connectivity index (χ2n) is 5.19. The highest BCUT2D eigenvalue weighted by Gasteiger charge is 2.17. The lowest BCUT2D eigenvalue weighted by atomic mass is 10.0. The zero-order valence-corrected chi connectivity index (χ0v) is 12.4. The van der Waals surface area contributed by atoms with E-state index >= 15 is 0 Å². The van der Waals surface area contributed by atoms with Crippen LogP contribution in [0.3, 0.4) is 0 Å². The summed E-state index contributed by atoms with van der Waals surface area (Å²) in [5.74, 6) is 0. The van der Waals surface area contributed by atoms with Crippen LogP contribution in [-0.4, -0.2) is 0 Å². The Morgan fingerprint density at radius 3 is 2.79 bits per heavy atom. The Balaban J connectivity index is 1.90. The minimum Gasteiger partial charge on any atom is -0.320 e. The van der Waals surface area contributed by atoms with E-state index in [0.717, 1.165) is 10.6 Å². The van der Waals surface area contributed by atoms with Crippen LogP contribution in [0.1, 0.15) is 46.2 Å². The smallest absolute Gasteiger partial charge is 0.0646 e. The molecule has 0 fully saturated rings.